The highest BCUT2D eigenvalue weighted by Crippen LogP contribution is 2.32. The number of hydrogen-bond acceptors (Lipinski definition) is 4. The summed E-state index contributed by atoms with van der Waals surface area (Å²) in [6.45, 7) is 3.56. The number of carbonyl (C=O) groups excluding carboxylic acids is 1. The molecule has 1 amide bonds. The summed E-state index contributed by atoms with van der Waals surface area (Å²) in [5.74, 6) is 0.104. The van der Waals surface area contributed by atoms with Gasteiger partial charge in [-0.15, -0.1) is 0 Å². The van der Waals surface area contributed by atoms with Crippen molar-refractivity contribution >= 4 is 11.6 Å². The topological polar surface area (TPSA) is 45.7 Å². The van der Waals surface area contributed by atoms with Gasteiger partial charge in [-0.25, -0.2) is 0 Å². The van der Waals surface area contributed by atoms with Crippen LogP contribution in [0.15, 0.2) is 54.7 Å². The molecule has 1 unspecified atom stereocenters. The number of rotatable bonds is 3. The molecule has 1 atom stereocenters. The van der Waals surface area contributed by atoms with E-state index in [4.69, 9.17) is 4.74 Å². The van der Waals surface area contributed by atoms with Crippen LogP contribution in [0, 0.1) is 0 Å². The first-order chi connectivity index (χ1) is 12.8. The lowest BCUT2D eigenvalue weighted by Gasteiger charge is -2.42. The summed E-state index contributed by atoms with van der Waals surface area (Å²) < 4.78 is 6.17. The van der Waals surface area contributed by atoms with Crippen molar-refractivity contribution in [2.75, 3.05) is 31.1 Å². The average molecular weight is 351 g/mol. The normalized spacial score (nSPS) is 24.6. The van der Waals surface area contributed by atoms with Crippen molar-refractivity contribution in [3.63, 3.8) is 0 Å². The van der Waals surface area contributed by atoms with Crippen LogP contribution in [0.2, 0.25) is 0 Å². The van der Waals surface area contributed by atoms with Crippen molar-refractivity contribution in [2.45, 2.75) is 31.4 Å². The summed E-state index contributed by atoms with van der Waals surface area (Å²) in [6, 6.07) is 15.9. The quantitative estimate of drug-likeness (QED) is 0.853. The molecule has 2 aliphatic heterocycles. The third-order valence-electron chi connectivity index (χ3n) is 5.29. The van der Waals surface area contributed by atoms with Gasteiger partial charge in [0.25, 0.3) is 5.91 Å². The van der Waals surface area contributed by atoms with Crippen molar-refractivity contribution in [3.05, 3.63) is 60.4 Å². The Balaban J connectivity index is 1.56. The van der Waals surface area contributed by atoms with E-state index in [0.717, 1.165) is 50.3 Å². The molecule has 0 bridgehead atoms. The molecule has 0 aliphatic carbocycles. The predicted molar refractivity (Wildman–Crippen MR) is 101 cm³/mol. The Morgan fingerprint density at radius 1 is 1.04 bits per heavy atom. The first-order valence-corrected chi connectivity index (χ1v) is 9.40. The Morgan fingerprint density at radius 3 is 2.69 bits per heavy atom. The molecule has 2 fully saturated rings. The minimum atomic E-state index is -0.737. The largest absolute Gasteiger partial charge is 0.362 e. The summed E-state index contributed by atoms with van der Waals surface area (Å²) in [5.41, 5.74) is 1.26. The fourth-order valence-corrected chi connectivity index (χ4v) is 3.98. The SMILES string of the molecule is O=C1N(c2ccccc2)CCCCC12CN(Cc1ccccn1)CCO2. The number of hydrogen-bond donors (Lipinski definition) is 0. The second-order valence-electron chi connectivity index (χ2n) is 7.12. The van der Waals surface area contributed by atoms with Crippen LogP contribution in [0.5, 0.6) is 0 Å². The van der Waals surface area contributed by atoms with Crippen LogP contribution >= 0.6 is 0 Å². The Hall–Kier alpha value is -2.24. The number of benzene rings is 1. The van der Waals surface area contributed by atoms with E-state index in [9.17, 15) is 4.79 Å². The molecular weight excluding hydrogens is 326 g/mol. The molecule has 0 radical (unpaired) electrons. The Kier molecular flexibility index (Phi) is 5.00. The van der Waals surface area contributed by atoms with Gasteiger partial charge in [0.2, 0.25) is 0 Å². The summed E-state index contributed by atoms with van der Waals surface area (Å²) in [6.07, 6.45) is 4.62. The Labute approximate surface area is 154 Å². The van der Waals surface area contributed by atoms with Gasteiger partial charge in [0.1, 0.15) is 0 Å². The van der Waals surface area contributed by atoms with Gasteiger partial charge in [-0.1, -0.05) is 24.3 Å². The molecule has 4 rings (SSSR count). The predicted octanol–water partition coefficient (Wildman–Crippen LogP) is 2.87. The van der Waals surface area contributed by atoms with Crippen LogP contribution in [0.4, 0.5) is 5.69 Å². The maximum atomic E-state index is 13.5. The van der Waals surface area contributed by atoms with Crippen molar-refractivity contribution < 1.29 is 9.53 Å². The molecule has 2 aromatic rings. The van der Waals surface area contributed by atoms with Gasteiger partial charge in [0, 0.05) is 38.1 Å². The van der Waals surface area contributed by atoms with Gasteiger partial charge < -0.3 is 9.64 Å². The molecule has 0 saturated carbocycles. The lowest BCUT2D eigenvalue weighted by Crippen LogP contribution is -2.59. The van der Waals surface area contributed by atoms with Crippen LogP contribution in [0.3, 0.4) is 0 Å². The van der Waals surface area contributed by atoms with Crippen molar-refractivity contribution in [3.8, 4) is 0 Å². The Morgan fingerprint density at radius 2 is 1.88 bits per heavy atom. The maximum absolute atomic E-state index is 13.5. The van der Waals surface area contributed by atoms with Gasteiger partial charge in [0.15, 0.2) is 5.60 Å². The van der Waals surface area contributed by atoms with Crippen molar-refractivity contribution in [1.82, 2.24) is 9.88 Å². The number of morpholine rings is 1. The number of para-hydroxylation sites is 1. The fourth-order valence-electron chi connectivity index (χ4n) is 3.98. The monoisotopic (exact) mass is 351 g/mol. The molecule has 136 valence electrons. The van der Waals surface area contributed by atoms with Crippen LogP contribution < -0.4 is 4.90 Å². The first-order valence-electron chi connectivity index (χ1n) is 9.40. The van der Waals surface area contributed by atoms with Crippen LogP contribution in [0.1, 0.15) is 25.0 Å². The zero-order valence-electron chi connectivity index (χ0n) is 15.0. The molecule has 1 spiro atoms. The molecule has 5 nitrogen and oxygen atoms in total. The Bertz CT molecular complexity index is 737. The number of nitrogens with zero attached hydrogens (tertiary/aromatic N) is 3. The van der Waals surface area contributed by atoms with Gasteiger partial charge in [-0.05, 0) is 43.5 Å². The fraction of sp³-hybridized carbons (Fsp3) is 0.429. The second kappa shape index (κ2) is 7.56. The number of anilines is 1. The maximum Gasteiger partial charge on any atom is 0.260 e. The van der Waals surface area contributed by atoms with Crippen LogP contribution in [0.25, 0.3) is 0 Å². The zero-order valence-corrected chi connectivity index (χ0v) is 15.0. The highest BCUT2D eigenvalue weighted by atomic mass is 16.5. The number of pyridine rings is 1. The molecule has 1 aromatic heterocycles. The molecule has 0 N–H and O–H groups in total. The number of amides is 1. The number of carbonyl (C=O) groups is 1. The van der Waals surface area contributed by atoms with E-state index in [0.29, 0.717) is 13.2 Å². The van der Waals surface area contributed by atoms with Gasteiger partial charge >= 0.3 is 0 Å². The lowest BCUT2D eigenvalue weighted by atomic mass is 9.94. The van der Waals surface area contributed by atoms with E-state index in [-0.39, 0.29) is 5.91 Å². The third kappa shape index (κ3) is 3.50. The van der Waals surface area contributed by atoms with E-state index < -0.39 is 5.60 Å². The third-order valence-corrected chi connectivity index (χ3v) is 5.29. The smallest absolute Gasteiger partial charge is 0.260 e. The van der Waals surface area contributed by atoms with Crippen LogP contribution in [-0.2, 0) is 16.1 Å². The highest BCUT2D eigenvalue weighted by Gasteiger charge is 2.47. The standard InChI is InChI=1S/C21H25N3O2/c25-20-21(11-5-7-13-24(20)19-9-2-1-3-10-19)17-23(14-15-26-21)16-18-8-4-6-12-22-18/h1-4,6,8-10,12H,5,7,11,13-17H2. The molecule has 26 heavy (non-hydrogen) atoms. The summed E-state index contributed by atoms with van der Waals surface area (Å²) in [7, 11) is 0. The average Bonchev–Trinajstić information content (AvgIpc) is 2.83. The van der Waals surface area contributed by atoms with Gasteiger partial charge in [-0.2, -0.15) is 0 Å². The lowest BCUT2D eigenvalue weighted by molar-refractivity contribution is -0.158. The molecule has 1 aromatic carbocycles. The zero-order chi connectivity index (χ0) is 17.8. The van der Waals surface area contributed by atoms with Gasteiger partial charge in [0.05, 0.1) is 12.3 Å². The molecule has 2 aliphatic rings. The molecule has 2 saturated heterocycles. The van der Waals surface area contributed by atoms with Gasteiger partial charge in [-0.3, -0.25) is 14.7 Å². The van der Waals surface area contributed by atoms with Crippen molar-refractivity contribution in [1.29, 1.82) is 0 Å². The van der Waals surface area contributed by atoms with E-state index in [1.54, 1.807) is 0 Å². The summed E-state index contributed by atoms with van der Waals surface area (Å²) in [5, 5.41) is 0. The van der Waals surface area contributed by atoms with Crippen LogP contribution in [-0.4, -0.2) is 47.6 Å². The minimum Gasteiger partial charge on any atom is -0.362 e. The molecular formula is C21H25N3O2. The highest BCUT2D eigenvalue weighted by molar-refractivity contribution is 6.00. The molecule has 3 heterocycles. The first kappa shape index (κ1) is 17.2. The summed E-state index contributed by atoms with van der Waals surface area (Å²) >= 11 is 0. The van der Waals surface area contributed by atoms with E-state index in [2.05, 4.69) is 9.88 Å². The number of ether oxygens (including phenoxy) is 1. The second-order valence-corrected chi connectivity index (χ2v) is 7.12. The van der Waals surface area contributed by atoms with E-state index in [1.807, 2.05) is 59.6 Å². The van der Waals surface area contributed by atoms with E-state index >= 15 is 0 Å². The van der Waals surface area contributed by atoms with E-state index in [1.165, 1.54) is 0 Å². The molecule has 5 heteroatoms. The summed E-state index contributed by atoms with van der Waals surface area (Å²) in [4.78, 5) is 22.1. The minimum absolute atomic E-state index is 0.104. The number of aromatic nitrogens is 1. The van der Waals surface area contributed by atoms with Crippen molar-refractivity contribution in [2.24, 2.45) is 0 Å².